The van der Waals surface area contributed by atoms with E-state index >= 15 is 0 Å². The monoisotopic (exact) mass is 384 g/mol. The van der Waals surface area contributed by atoms with Crippen molar-refractivity contribution in [2.24, 2.45) is 7.05 Å². The van der Waals surface area contributed by atoms with Gasteiger partial charge in [-0.25, -0.2) is 9.18 Å². The number of halogens is 4. The summed E-state index contributed by atoms with van der Waals surface area (Å²) in [6.45, 7) is 0. The van der Waals surface area contributed by atoms with E-state index in [1.807, 2.05) is 5.32 Å². The Labute approximate surface area is 149 Å². The fourth-order valence-electron chi connectivity index (χ4n) is 2.69. The number of aryl methyl sites for hydroxylation is 1. The third-order valence-electron chi connectivity index (χ3n) is 4.04. The van der Waals surface area contributed by atoms with Crippen molar-refractivity contribution >= 4 is 17.6 Å². The smallest absolute Gasteiger partial charge is 0.417 e. The summed E-state index contributed by atoms with van der Waals surface area (Å²) < 4.78 is 58.2. The number of hydrogen-bond donors (Lipinski definition) is 1. The number of carbonyl (C=O) groups is 2. The molecule has 1 aliphatic heterocycles. The highest BCUT2D eigenvalue weighted by Gasteiger charge is 2.35. The van der Waals surface area contributed by atoms with Crippen LogP contribution in [-0.4, -0.2) is 22.5 Å². The van der Waals surface area contributed by atoms with Gasteiger partial charge in [-0.3, -0.25) is 9.59 Å². The highest BCUT2D eigenvalue weighted by atomic mass is 19.4. The molecule has 6 nitrogen and oxygen atoms in total. The number of rotatable bonds is 2. The Hall–Kier alpha value is -3.17. The highest BCUT2D eigenvalue weighted by molar-refractivity contribution is 6.00. The van der Waals surface area contributed by atoms with Gasteiger partial charge >= 0.3 is 12.1 Å². The van der Waals surface area contributed by atoms with Crippen molar-refractivity contribution < 1.29 is 31.9 Å². The average Bonchev–Trinajstić information content (AvgIpc) is 2.58. The second kappa shape index (κ2) is 6.53. The standard InChI is InChI=1S/C17H12F4N2O4/c1-23-7-8(17(19,20)21)5-12(15(23)25)22-14(24)13-6-10-9(16(26)27-13)3-2-4-11(10)18/h2-5,7,13H,6H2,1H3,(H,22,24). The maximum atomic E-state index is 13.9. The van der Waals surface area contributed by atoms with Crippen molar-refractivity contribution in [2.45, 2.75) is 18.7 Å². The van der Waals surface area contributed by atoms with Crippen molar-refractivity contribution in [3.8, 4) is 0 Å². The van der Waals surface area contributed by atoms with Gasteiger partial charge in [0.05, 0.1) is 11.1 Å². The van der Waals surface area contributed by atoms with Crippen LogP contribution in [0.4, 0.5) is 23.2 Å². The fraction of sp³-hybridized carbons (Fsp3) is 0.235. The molecule has 0 aliphatic carbocycles. The number of aromatic nitrogens is 1. The largest absolute Gasteiger partial charge is 0.448 e. The zero-order valence-corrected chi connectivity index (χ0v) is 13.8. The van der Waals surface area contributed by atoms with E-state index in [1.165, 1.54) is 12.1 Å². The zero-order valence-electron chi connectivity index (χ0n) is 13.8. The van der Waals surface area contributed by atoms with E-state index in [0.29, 0.717) is 16.8 Å². The number of esters is 1. The van der Waals surface area contributed by atoms with Crippen LogP contribution in [0.2, 0.25) is 0 Å². The van der Waals surface area contributed by atoms with Gasteiger partial charge in [-0.05, 0) is 18.2 Å². The van der Waals surface area contributed by atoms with E-state index in [9.17, 15) is 31.9 Å². The van der Waals surface area contributed by atoms with E-state index in [4.69, 9.17) is 4.74 Å². The first-order valence-corrected chi connectivity index (χ1v) is 7.65. The number of cyclic esters (lactones) is 1. The molecule has 1 aliphatic rings. The van der Waals surface area contributed by atoms with Crippen LogP contribution in [0.25, 0.3) is 0 Å². The van der Waals surface area contributed by atoms with Crippen LogP contribution in [0.1, 0.15) is 21.5 Å². The number of fused-ring (bicyclic) bond motifs is 1. The Balaban J connectivity index is 1.89. The minimum atomic E-state index is -4.73. The fourth-order valence-corrected chi connectivity index (χ4v) is 2.69. The summed E-state index contributed by atoms with van der Waals surface area (Å²) in [5.41, 5.74) is -2.73. The van der Waals surface area contributed by atoms with Gasteiger partial charge in [-0.2, -0.15) is 13.2 Å². The van der Waals surface area contributed by atoms with E-state index in [2.05, 4.69) is 0 Å². The molecule has 0 saturated carbocycles. The molecule has 3 rings (SSSR count). The van der Waals surface area contributed by atoms with Crippen LogP contribution in [0.15, 0.2) is 35.3 Å². The van der Waals surface area contributed by atoms with Crippen molar-refractivity contribution in [1.29, 1.82) is 0 Å². The van der Waals surface area contributed by atoms with Gasteiger partial charge in [0.1, 0.15) is 11.5 Å². The lowest BCUT2D eigenvalue weighted by atomic mass is 9.97. The lowest BCUT2D eigenvalue weighted by molar-refractivity contribution is -0.138. The summed E-state index contributed by atoms with van der Waals surface area (Å²) >= 11 is 0. The molecular formula is C17H12F4N2O4. The number of carbonyl (C=O) groups excluding carboxylic acids is 2. The first kappa shape index (κ1) is 18.6. The molecule has 0 radical (unpaired) electrons. The number of alkyl halides is 3. The molecule has 0 saturated heterocycles. The Morgan fingerprint density at radius 1 is 1.30 bits per heavy atom. The summed E-state index contributed by atoms with van der Waals surface area (Å²) in [5, 5.41) is 2.03. The number of pyridine rings is 1. The van der Waals surface area contributed by atoms with Crippen LogP contribution in [0, 0.1) is 5.82 Å². The highest BCUT2D eigenvalue weighted by Crippen LogP contribution is 2.30. The van der Waals surface area contributed by atoms with Gasteiger partial charge < -0.3 is 14.6 Å². The summed E-state index contributed by atoms with van der Waals surface area (Å²) in [5.74, 6) is -2.68. The van der Waals surface area contributed by atoms with Crippen molar-refractivity contribution in [2.75, 3.05) is 5.32 Å². The van der Waals surface area contributed by atoms with Gasteiger partial charge in [0.2, 0.25) is 0 Å². The van der Waals surface area contributed by atoms with Crippen molar-refractivity contribution in [3.05, 3.63) is 63.3 Å². The van der Waals surface area contributed by atoms with Crippen LogP contribution in [0.5, 0.6) is 0 Å². The van der Waals surface area contributed by atoms with E-state index in [0.717, 1.165) is 13.1 Å². The SMILES string of the molecule is Cn1cc(C(F)(F)F)cc(NC(=O)C2Cc3c(F)cccc3C(=O)O2)c1=O. The van der Waals surface area contributed by atoms with Crippen LogP contribution in [-0.2, 0) is 29.2 Å². The maximum absolute atomic E-state index is 13.9. The van der Waals surface area contributed by atoms with E-state index in [1.54, 1.807) is 0 Å². The molecule has 2 heterocycles. The van der Waals surface area contributed by atoms with E-state index < -0.39 is 46.8 Å². The molecule has 0 fully saturated rings. The molecule has 1 aromatic carbocycles. The molecule has 1 N–H and O–H groups in total. The van der Waals surface area contributed by atoms with Gasteiger partial charge in [-0.15, -0.1) is 0 Å². The molecule has 10 heteroatoms. The number of anilines is 1. The molecule has 142 valence electrons. The first-order valence-electron chi connectivity index (χ1n) is 7.65. The van der Waals surface area contributed by atoms with Gasteiger partial charge in [0, 0.05) is 25.2 Å². The number of ether oxygens (including phenoxy) is 1. The predicted octanol–water partition coefficient (Wildman–Crippen LogP) is 2.26. The summed E-state index contributed by atoms with van der Waals surface area (Å²) in [6.07, 6.45) is -5.94. The third kappa shape index (κ3) is 3.55. The number of hydrogen-bond acceptors (Lipinski definition) is 4. The normalized spacial score (nSPS) is 16.5. The van der Waals surface area contributed by atoms with Gasteiger partial charge in [-0.1, -0.05) is 6.07 Å². The molecule has 1 unspecified atom stereocenters. The van der Waals surface area contributed by atoms with Gasteiger partial charge in [0.15, 0.2) is 6.10 Å². The lowest BCUT2D eigenvalue weighted by Crippen LogP contribution is -2.39. The molecule has 0 bridgehead atoms. The minimum Gasteiger partial charge on any atom is -0.448 e. The second-order valence-corrected chi connectivity index (χ2v) is 5.91. The third-order valence-corrected chi connectivity index (χ3v) is 4.04. The molecule has 1 atom stereocenters. The Bertz CT molecular complexity index is 997. The topological polar surface area (TPSA) is 77.4 Å². The first-order chi connectivity index (χ1) is 12.6. The molecule has 27 heavy (non-hydrogen) atoms. The second-order valence-electron chi connectivity index (χ2n) is 5.91. The molecule has 1 aromatic heterocycles. The minimum absolute atomic E-state index is 0.0333. The average molecular weight is 384 g/mol. The summed E-state index contributed by atoms with van der Waals surface area (Å²) in [6, 6.07) is 4.23. The molecule has 0 spiro atoms. The number of amides is 1. The van der Waals surface area contributed by atoms with E-state index in [-0.39, 0.29) is 17.5 Å². The Kier molecular flexibility index (Phi) is 4.50. The Morgan fingerprint density at radius 2 is 2.00 bits per heavy atom. The summed E-state index contributed by atoms with van der Waals surface area (Å²) in [7, 11) is 1.10. The lowest BCUT2D eigenvalue weighted by Gasteiger charge is -2.24. The predicted molar refractivity (Wildman–Crippen MR) is 84.6 cm³/mol. The zero-order chi connectivity index (χ0) is 19.9. The van der Waals surface area contributed by atoms with Crippen molar-refractivity contribution in [1.82, 2.24) is 4.57 Å². The molecular weight excluding hydrogens is 372 g/mol. The van der Waals surface area contributed by atoms with Crippen molar-refractivity contribution in [3.63, 3.8) is 0 Å². The van der Waals surface area contributed by atoms with Crippen LogP contribution >= 0.6 is 0 Å². The van der Waals surface area contributed by atoms with Gasteiger partial charge in [0.25, 0.3) is 11.5 Å². The molecule has 1 amide bonds. The van der Waals surface area contributed by atoms with Crippen LogP contribution < -0.4 is 10.9 Å². The summed E-state index contributed by atoms with van der Waals surface area (Å²) in [4.78, 5) is 36.2. The quantitative estimate of drug-likeness (QED) is 0.637. The molecule has 2 aromatic rings. The maximum Gasteiger partial charge on any atom is 0.417 e. The van der Waals surface area contributed by atoms with Crippen LogP contribution in [0.3, 0.4) is 0 Å². The number of nitrogens with zero attached hydrogens (tertiary/aromatic N) is 1. The number of benzene rings is 1. The Morgan fingerprint density at radius 3 is 2.67 bits per heavy atom. The number of nitrogens with one attached hydrogen (secondary N) is 1.